The van der Waals surface area contributed by atoms with Crippen LogP contribution in [0.15, 0.2) is 36.2 Å². The van der Waals surface area contributed by atoms with Crippen LogP contribution in [-0.4, -0.2) is 30.0 Å². The highest BCUT2D eigenvalue weighted by Gasteiger charge is 2.32. The van der Waals surface area contributed by atoms with E-state index < -0.39 is 0 Å². The van der Waals surface area contributed by atoms with Crippen LogP contribution in [0, 0.1) is 23.7 Å². The molecule has 1 aliphatic rings. The number of amides is 1. The van der Waals surface area contributed by atoms with Gasteiger partial charge < -0.3 is 10.1 Å². The maximum atomic E-state index is 12.3. The Kier molecular flexibility index (Phi) is 7.37. The maximum Gasteiger partial charge on any atom is 0.306 e. The molecular weight excluding hydrogens is 328 g/mol. The Morgan fingerprint density at radius 1 is 1.31 bits per heavy atom. The molecule has 0 bridgehead atoms. The van der Waals surface area contributed by atoms with Crippen LogP contribution in [0.1, 0.15) is 50.9 Å². The number of hydrogen-bond donors (Lipinski definition) is 1. The van der Waals surface area contributed by atoms with Gasteiger partial charge in [-0.3, -0.25) is 14.6 Å². The van der Waals surface area contributed by atoms with E-state index in [0.29, 0.717) is 37.0 Å². The first-order chi connectivity index (χ1) is 12.4. The van der Waals surface area contributed by atoms with Crippen LogP contribution < -0.4 is 5.32 Å². The molecule has 0 fully saturated rings. The number of carbonyl (C=O) groups excluding carboxylic acids is 2. The molecule has 0 aromatic carbocycles. The molecule has 5 heteroatoms. The Balaban J connectivity index is 2.03. The van der Waals surface area contributed by atoms with Crippen LogP contribution in [0.3, 0.4) is 0 Å². The lowest BCUT2D eigenvalue weighted by atomic mass is 9.70. The molecule has 0 radical (unpaired) electrons. The van der Waals surface area contributed by atoms with E-state index in [2.05, 4.69) is 37.1 Å². The molecule has 1 heterocycles. The minimum absolute atomic E-state index is 0.0744. The average Bonchev–Trinajstić information content (AvgIpc) is 2.62. The highest BCUT2D eigenvalue weighted by atomic mass is 16.5. The van der Waals surface area contributed by atoms with E-state index in [4.69, 9.17) is 4.74 Å². The second-order valence-electron chi connectivity index (χ2n) is 7.37. The van der Waals surface area contributed by atoms with Gasteiger partial charge >= 0.3 is 5.97 Å². The fraction of sp³-hybridized carbons (Fsp3) is 0.571. The molecule has 5 nitrogen and oxygen atoms in total. The summed E-state index contributed by atoms with van der Waals surface area (Å²) in [5.41, 5.74) is 1.84. The van der Waals surface area contributed by atoms with E-state index in [1.807, 2.05) is 6.92 Å². The number of nitrogens with one attached hydrogen (secondary N) is 1. The molecule has 26 heavy (non-hydrogen) atoms. The summed E-state index contributed by atoms with van der Waals surface area (Å²) in [4.78, 5) is 28.1. The molecule has 0 saturated heterocycles. The third kappa shape index (κ3) is 5.41. The fourth-order valence-electron chi connectivity index (χ4n) is 3.74. The number of rotatable bonds is 7. The average molecular weight is 358 g/mol. The van der Waals surface area contributed by atoms with Crippen molar-refractivity contribution in [3.05, 3.63) is 41.7 Å². The van der Waals surface area contributed by atoms with Gasteiger partial charge in [0.25, 0.3) is 5.91 Å². The Morgan fingerprint density at radius 2 is 2.00 bits per heavy atom. The summed E-state index contributed by atoms with van der Waals surface area (Å²) in [6.45, 7) is 9.35. The van der Waals surface area contributed by atoms with Gasteiger partial charge in [0, 0.05) is 24.5 Å². The standard InChI is InChI=1S/C21H30N2O3/c1-5-26-20(24)12-17-11-19(14(2)3)18(10-15(17)4)13-23-21(25)16-6-8-22-9-7-16/h6-10,14,17-19H,5,11-13H2,1-4H3,(H,23,25)/t17-,18+,19+/m1/s1. The van der Waals surface area contributed by atoms with Gasteiger partial charge in [0.2, 0.25) is 0 Å². The van der Waals surface area contributed by atoms with Gasteiger partial charge in [-0.25, -0.2) is 0 Å². The largest absolute Gasteiger partial charge is 0.466 e. The van der Waals surface area contributed by atoms with E-state index in [0.717, 1.165) is 6.42 Å². The van der Waals surface area contributed by atoms with Crippen LogP contribution in [0.25, 0.3) is 0 Å². The molecule has 0 saturated carbocycles. The highest BCUT2D eigenvalue weighted by Crippen LogP contribution is 2.38. The van der Waals surface area contributed by atoms with E-state index in [1.165, 1.54) is 5.57 Å². The van der Waals surface area contributed by atoms with Gasteiger partial charge in [0.15, 0.2) is 0 Å². The minimum atomic E-state index is -0.128. The van der Waals surface area contributed by atoms with Crippen LogP contribution in [0.5, 0.6) is 0 Å². The van der Waals surface area contributed by atoms with Crippen molar-refractivity contribution in [2.24, 2.45) is 23.7 Å². The lowest BCUT2D eigenvalue weighted by Crippen LogP contribution is -2.37. The summed E-state index contributed by atoms with van der Waals surface area (Å²) in [5, 5.41) is 3.05. The summed E-state index contributed by atoms with van der Waals surface area (Å²) < 4.78 is 5.12. The van der Waals surface area contributed by atoms with Gasteiger partial charge in [-0.05, 0) is 56.1 Å². The predicted molar refractivity (Wildman–Crippen MR) is 102 cm³/mol. The number of allylic oxidation sites excluding steroid dienone is 1. The van der Waals surface area contributed by atoms with Gasteiger partial charge in [-0.1, -0.05) is 25.5 Å². The summed E-state index contributed by atoms with van der Waals surface area (Å²) in [5.74, 6) is 1.21. The van der Waals surface area contributed by atoms with Crippen LogP contribution in [0.2, 0.25) is 0 Å². The molecule has 1 aromatic heterocycles. The van der Waals surface area contributed by atoms with E-state index in [9.17, 15) is 9.59 Å². The Hall–Kier alpha value is -2.17. The number of nitrogens with zero attached hydrogens (tertiary/aromatic N) is 1. The molecular formula is C21H30N2O3. The predicted octanol–water partition coefficient (Wildman–Crippen LogP) is 3.62. The normalized spacial score (nSPS) is 22.7. The summed E-state index contributed by atoms with van der Waals surface area (Å²) in [6, 6.07) is 3.43. The SMILES string of the molecule is CCOC(=O)C[C@H]1C[C@@H](C(C)C)[C@H](CNC(=O)c2ccncc2)C=C1C. The number of esters is 1. The number of ether oxygens (including phenoxy) is 1. The first-order valence-electron chi connectivity index (χ1n) is 9.44. The quantitative estimate of drug-likeness (QED) is 0.597. The molecule has 1 aliphatic carbocycles. The molecule has 0 unspecified atom stereocenters. The number of carbonyl (C=O) groups is 2. The minimum Gasteiger partial charge on any atom is -0.466 e. The molecule has 0 aliphatic heterocycles. The highest BCUT2D eigenvalue weighted by molar-refractivity contribution is 5.93. The van der Waals surface area contributed by atoms with Gasteiger partial charge in [0.1, 0.15) is 0 Å². The monoisotopic (exact) mass is 358 g/mol. The van der Waals surface area contributed by atoms with Gasteiger partial charge in [-0.2, -0.15) is 0 Å². The van der Waals surface area contributed by atoms with Crippen molar-refractivity contribution in [1.29, 1.82) is 0 Å². The molecule has 142 valence electrons. The van der Waals surface area contributed by atoms with Crippen molar-refractivity contribution < 1.29 is 14.3 Å². The molecule has 0 spiro atoms. The zero-order chi connectivity index (χ0) is 19.1. The number of aromatic nitrogens is 1. The topological polar surface area (TPSA) is 68.3 Å². The Bertz CT molecular complexity index is 640. The molecule has 1 aromatic rings. The molecule has 1 amide bonds. The lowest BCUT2D eigenvalue weighted by molar-refractivity contribution is -0.144. The van der Waals surface area contributed by atoms with Crippen molar-refractivity contribution in [2.45, 2.75) is 40.5 Å². The maximum absolute atomic E-state index is 12.3. The van der Waals surface area contributed by atoms with E-state index >= 15 is 0 Å². The summed E-state index contributed by atoms with van der Waals surface area (Å²) in [7, 11) is 0. The van der Waals surface area contributed by atoms with E-state index in [1.54, 1.807) is 24.5 Å². The van der Waals surface area contributed by atoms with E-state index in [-0.39, 0.29) is 23.7 Å². The summed E-state index contributed by atoms with van der Waals surface area (Å²) in [6.07, 6.45) is 6.88. The fourth-order valence-corrected chi connectivity index (χ4v) is 3.74. The smallest absolute Gasteiger partial charge is 0.306 e. The number of hydrogen-bond acceptors (Lipinski definition) is 4. The van der Waals surface area contributed by atoms with Crippen LogP contribution in [-0.2, 0) is 9.53 Å². The van der Waals surface area contributed by atoms with Crippen molar-refractivity contribution in [1.82, 2.24) is 10.3 Å². The van der Waals surface area contributed by atoms with Gasteiger partial charge in [-0.15, -0.1) is 0 Å². The first-order valence-corrected chi connectivity index (χ1v) is 9.44. The zero-order valence-corrected chi connectivity index (χ0v) is 16.2. The molecule has 2 rings (SSSR count). The lowest BCUT2D eigenvalue weighted by Gasteiger charge is -2.37. The second-order valence-corrected chi connectivity index (χ2v) is 7.37. The Labute approximate surface area is 156 Å². The van der Waals surface area contributed by atoms with Gasteiger partial charge in [0.05, 0.1) is 13.0 Å². The Morgan fingerprint density at radius 3 is 2.62 bits per heavy atom. The van der Waals surface area contributed by atoms with Crippen LogP contribution in [0.4, 0.5) is 0 Å². The second kappa shape index (κ2) is 9.51. The van der Waals surface area contributed by atoms with Crippen molar-refractivity contribution in [3.8, 4) is 0 Å². The third-order valence-electron chi connectivity index (χ3n) is 5.24. The number of pyridine rings is 1. The summed E-state index contributed by atoms with van der Waals surface area (Å²) >= 11 is 0. The van der Waals surface area contributed by atoms with Crippen LogP contribution >= 0.6 is 0 Å². The molecule has 3 atom stereocenters. The molecule has 1 N–H and O–H groups in total. The van der Waals surface area contributed by atoms with Crippen molar-refractivity contribution in [3.63, 3.8) is 0 Å². The van der Waals surface area contributed by atoms with Crippen molar-refractivity contribution in [2.75, 3.05) is 13.2 Å². The zero-order valence-electron chi connectivity index (χ0n) is 16.2. The third-order valence-corrected chi connectivity index (χ3v) is 5.24. The van der Waals surface area contributed by atoms with Crippen molar-refractivity contribution >= 4 is 11.9 Å². The first kappa shape index (κ1) is 20.1.